The molecule has 37 heavy (non-hydrogen) atoms. The van der Waals surface area contributed by atoms with Gasteiger partial charge in [-0.1, -0.05) is 18.2 Å². The highest BCUT2D eigenvalue weighted by atomic mass is 32.2. The van der Waals surface area contributed by atoms with Crippen molar-refractivity contribution in [3.63, 3.8) is 0 Å². The van der Waals surface area contributed by atoms with Crippen LogP contribution in [0.5, 0.6) is 0 Å². The molecule has 0 saturated carbocycles. The van der Waals surface area contributed by atoms with E-state index < -0.39 is 15.5 Å². The average Bonchev–Trinajstić information content (AvgIpc) is 3.10. The zero-order valence-electron chi connectivity index (χ0n) is 21.6. The van der Waals surface area contributed by atoms with Gasteiger partial charge in [0.05, 0.1) is 17.8 Å². The summed E-state index contributed by atoms with van der Waals surface area (Å²) in [6.45, 7) is 8.15. The van der Waals surface area contributed by atoms with Gasteiger partial charge in [-0.25, -0.2) is 14.3 Å². The van der Waals surface area contributed by atoms with Crippen molar-refractivity contribution in [2.45, 2.75) is 26.0 Å². The Bertz CT molecular complexity index is 1530. The Hall–Kier alpha value is -3.76. The van der Waals surface area contributed by atoms with Gasteiger partial charge in [0, 0.05) is 29.9 Å². The minimum atomic E-state index is -2.06. The predicted molar refractivity (Wildman–Crippen MR) is 153 cm³/mol. The highest BCUT2D eigenvalue weighted by Gasteiger charge is 2.20. The first-order chi connectivity index (χ1) is 17.5. The van der Waals surface area contributed by atoms with Crippen LogP contribution in [0.4, 0.5) is 17.3 Å². The van der Waals surface area contributed by atoms with Crippen molar-refractivity contribution in [3.05, 3.63) is 83.3 Å². The first-order valence-corrected chi connectivity index (χ1v) is 14.8. The van der Waals surface area contributed by atoms with Gasteiger partial charge in [-0.15, -0.1) is 16.5 Å². The number of anilines is 3. The second-order valence-electron chi connectivity index (χ2n) is 9.95. The lowest BCUT2D eigenvalue weighted by molar-refractivity contribution is 0.0786. The molecule has 0 spiro atoms. The number of allylic oxidation sites excluding steroid dienone is 1. The van der Waals surface area contributed by atoms with E-state index in [1.165, 1.54) is 6.20 Å². The topological polar surface area (TPSA) is 114 Å². The number of aliphatic hydroxyl groups is 1. The van der Waals surface area contributed by atoms with Crippen molar-refractivity contribution in [1.29, 1.82) is 0 Å². The number of thiol groups is 1. The number of rotatable bonds is 10. The molecule has 0 fully saturated rings. The fourth-order valence-electron chi connectivity index (χ4n) is 3.93. The number of nitrogens with one attached hydrogen (secondary N) is 2. The standard InChI is InChI=1S/C27H34N6O3S/c1-6-15-32-25(34)23-18-29-26(30-21-12-10-20(11-13-21)28-14-16-37(4,5)36)31-24(23)33(32)22-9-7-8-19(17-22)27(2,3)35/h6-13,17-18,28,35,37H,1,14-16H2,2-5H3,(H,29,30,31). The molecule has 0 aliphatic rings. The zero-order chi connectivity index (χ0) is 26.8. The summed E-state index contributed by atoms with van der Waals surface area (Å²) in [4.78, 5) is 22.2. The lowest BCUT2D eigenvalue weighted by Crippen LogP contribution is -2.22. The lowest BCUT2D eigenvalue weighted by atomic mass is 9.98. The maximum Gasteiger partial charge on any atom is 0.278 e. The van der Waals surface area contributed by atoms with E-state index in [-0.39, 0.29) is 12.1 Å². The van der Waals surface area contributed by atoms with E-state index in [0.29, 0.717) is 40.5 Å². The van der Waals surface area contributed by atoms with Gasteiger partial charge in [-0.3, -0.25) is 9.00 Å². The SMILES string of the molecule is C=CCn1c(=O)c2cnc(Nc3ccc(NCC[SH](C)(C)=O)cc3)nc2n1-c1cccc(C(C)(C)O)c1. The van der Waals surface area contributed by atoms with Crippen LogP contribution in [0, 0.1) is 0 Å². The molecule has 0 amide bonds. The molecule has 10 heteroatoms. The average molecular weight is 523 g/mol. The molecule has 196 valence electrons. The molecular formula is C27H34N6O3S. The van der Waals surface area contributed by atoms with Crippen LogP contribution in [0.3, 0.4) is 0 Å². The third-order valence-corrected chi connectivity index (χ3v) is 7.20. The monoisotopic (exact) mass is 522 g/mol. The van der Waals surface area contributed by atoms with Crippen molar-refractivity contribution in [3.8, 4) is 5.69 Å². The number of fused-ring (bicyclic) bond motifs is 1. The molecule has 2 aromatic heterocycles. The van der Waals surface area contributed by atoms with Crippen LogP contribution >= 0.6 is 0 Å². The van der Waals surface area contributed by atoms with Crippen molar-refractivity contribution >= 4 is 38.3 Å². The summed E-state index contributed by atoms with van der Waals surface area (Å²) >= 11 is 0. The van der Waals surface area contributed by atoms with Gasteiger partial charge >= 0.3 is 0 Å². The molecule has 4 aromatic rings. The van der Waals surface area contributed by atoms with Crippen LogP contribution in [0.2, 0.25) is 0 Å². The summed E-state index contributed by atoms with van der Waals surface area (Å²) in [7, 11) is -2.06. The van der Waals surface area contributed by atoms with Gasteiger partial charge in [0.1, 0.15) is 5.39 Å². The highest BCUT2D eigenvalue weighted by Crippen LogP contribution is 2.25. The summed E-state index contributed by atoms with van der Waals surface area (Å²) in [6, 6.07) is 15.0. The zero-order valence-corrected chi connectivity index (χ0v) is 22.5. The normalized spacial score (nSPS) is 12.5. The maximum atomic E-state index is 13.2. The molecule has 0 bridgehead atoms. The number of aromatic nitrogens is 4. The molecule has 3 N–H and O–H groups in total. The Labute approximate surface area is 217 Å². The Balaban J connectivity index is 1.67. The molecule has 0 unspecified atom stereocenters. The summed E-state index contributed by atoms with van der Waals surface area (Å²) in [5.41, 5.74) is 2.29. The van der Waals surface area contributed by atoms with E-state index in [0.717, 1.165) is 11.4 Å². The Morgan fingerprint density at radius 2 is 1.84 bits per heavy atom. The van der Waals surface area contributed by atoms with E-state index in [9.17, 15) is 14.1 Å². The van der Waals surface area contributed by atoms with Crippen molar-refractivity contribution in [2.75, 3.05) is 35.4 Å². The lowest BCUT2D eigenvalue weighted by Gasteiger charge is -2.19. The van der Waals surface area contributed by atoms with Crippen LogP contribution in [0.1, 0.15) is 19.4 Å². The number of nitrogens with zero attached hydrogens (tertiary/aromatic N) is 4. The molecular weight excluding hydrogens is 488 g/mol. The molecule has 2 aromatic carbocycles. The smallest absolute Gasteiger partial charge is 0.278 e. The third kappa shape index (κ3) is 6.15. The molecule has 4 rings (SSSR count). The minimum Gasteiger partial charge on any atom is -0.386 e. The van der Waals surface area contributed by atoms with Gasteiger partial charge in [0.2, 0.25) is 5.95 Å². The summed E-state index contributed by atoms with van der Waals surface area (Å²) < 4.78 is 15.2. The van der Waals surface area contributed by atoms with Crippen molar-refractivity contribution in [2.24, 2.45) is 0 Å². The number of hydrogen-bond donors (Lipinski definition) is 4. The second-order valence-corrected chi connectivity index (χ2v) is 13.5. The Morgan fingerprint density at radius 3 is 2.49 bits per heavy atom. The van der Waals surface area contributed by atoms with E-state index in [1.807, 2.05) is 48.5 Å². The van der Waals surface area contributed by atoms with E-state index in [1.54, 1.807) is 41.8 Å². The second kappa shape index (κ2) is 10.3. The van der Waals surface area contributed by atoms with Gasteiger partial charge in [-0.05, 0) is 68.3 Å². The summed E-state index contributed by atoms with van der Waals surface area (Å²) in [6.07, 6.45) is 6.74. The molecule has 0 radical (unpaired) electrons. The Morgan fingerprint density at radius 1 is 1.14 bits per heavy atom. The molecule has 0 saturated heterocycles. The number of benzene rings is 2. The van der Waals surface area contributed by atoms with Crippen LogP contribution in [-0.2, 0) is 22.1 Å². The highest BCUT2D eigenvalue weighted by molar-refractivity contribution is 8.01. The predicted octanol–water partition coefficient (Wildman–Crippen LogP) is 3.43. The first-order valence-electron chi connectivity index (χ1n) is 12.0. The van der Waals surface area contributed by atoms with Crippen LogP contribution in [-0.4, -0.2) is 53.5 Å². The van der Waals surface area contributed by atoms with Gasteiger partial charge in [0.25, 0.3) is 5.56 Å². The van der Waals surface area contributed by atoms with E-state index in [4.69, 9.17) is 0 Å². The largest absolute Gasteiger partial charge is 0.386 e. The first kappa shape index (κ1) is 26.3. The summed E-state index contributed by atoms with van der Waals surface area (Å²) in [5, 5.41) is 17.4. The van der Waals surface area contributed by atoms with Crippen LogP contribution in [0.25, 0.3) is 16.7 Å². The molecule has 9 nitrogen and oxygen atoms in total. The van der Waals surface area contributed by atoms with E-state index >= 15 is 0 Å². The van der Waals surface area contributed by atoms with E-state index in [2.05, 4.69) is 27.2 Å². The Kier molecular flexibility index (Phi) is 7.33. The van der Waals surface area contributed by atoms with Crippen LogP contribution in [0.15, 0.2) is 72.2 Å². The fraction of sp³-hybridized carbons (Fsp3) is 0.296. The maximum absolute atomic E-state index is 13.2. The van der Waals surface area contributed by atoms with Crippen molar-refractivity contribution in [1.82, 2.24) is 19.3 Å². The number of hydrogen-bond acceptors (Lipinski definition) is 7. The van der Waals surface area contributed by atoms with Crippen LogP contribution < -0.4 is 16.2 Å². The fourth-order valence-corrected chi connectivity index (χ4v) is 4.58. The minimum absolute atomic E-state index is 0.228. The molecule has 0 aliphatic heterocycles. The van der Waals surface area contributed by atoms with Gasteiger partial charge < -0.3 is 15.7 Å². The third-order valence-electron chi connectivity index (χ3n) is 5.90. The summed E-state index contributed by atoms with van der Waals surface area (Å²) in [5.74, 6) is 0.974. The van der Waals surface area contributed by atoms with Gasteiger partial charge in [-0.2, -0.15) is 4.98 Å². The quantitative estimate of drug-likeness (QED) is 0.186. The molecule has 0 aliphatic carbocycles. The van der Waals surface area contributed by atoms with Gasteiger partial charge in [0.15, 0.2) is 5.65 Å². The van der Waals surface area contributed by atoms with Crippen molar-refractivity contribution < 1.29 is 9.32 Å². The molecule has 2 heterocycles. The molecule has 0 atom stereocenters.